The van der Waals surface area contributed by atoms with Gasteiger partial charge in [0.05, 0.1) is 18.2 Å². The van der Waals surface area contributed by atoms with E-state index in [2.05, 4.69) is 31.4 Å². The van der Waals surface area contributed by atoms with Gasteiger partial charge in [0.15, 0.2) is 0 Å². The Morgan fingerprint density at radius 2 is 2.04 bits per heavy atom. The molecule has 6 heteroatoms. The van der Waals surface area contributed by atoms with Gasteiger partial charge < -0.3 is 10.6 Å². The molecule has 1 atom stereocenters. The minimum Gasteiger partial charge on any atom is -0.355 e. The number of carbonyl (C=O) groups excluding carboxylic acids is 2. The number of hydrogen-bond donors (Lipinski definition) is 2. The second-order valence-electron chi connectivity index (χ2n) is 7.84. The van der Waals surface area contributed by atoms with Gasteiger partial charge in [-0.2, -0.15) is 5.10 Å². The van der Waals surface area contributed by atoms with Gasteiger partial charge in [-0.3, -0.25) is 9.59 Å². The van der Waals surface area contributed by atoms with Gasteiger partial charge in [-0.05, 0) is 12.0 Å². The van der Waals surface area contributed by atoms with Gasteiger partial charge in [0.25, 0.3) is 0 Å². The number of nitrogens with one attached hydrogen (secondary N) is 2. The molecule has 2 N–H and O–H groups in total. The zero-order valence-electron chi connectivity index (χ0n) is 15.6. The number of benzene rings is 1. The van der Waals surface area contributed by atoms with Crippen molar-refractivity contribution in [3.05, 3.63) is 47.7 Å². The van der Waals surface area contributed by atoms with Crippen molar-refractivity contribution in [3.8, 4) is 0 Å². The highest BCUT2D eigenvalue weighted by atomic mass is 16.2. The van der Waals surface area contributed by atoms with Crippen molar-refractivity contribution < 1.29 is 9.59 Å². The van der Waals surface area contributed by atoms with Crippen LogP contribution in [0.15, 0.2) is 36.4 Å². The summed E-state index contributed by atoms with van der Waals surface area (Å²) < 4.78 is 1.84. The molecule has 0 aliphatic carbocycles. The van der Waals surface area contributed by atoms with Crippen LogP contribution < -0.4 is 10.6 Å². The highest BCUT2D eigenvalue weighted by Crippen LogP contribution is 2.25. The molecule has 1 aliphatic heterocycles. The van der Waals surface area contributed by atoms with Crippen molar-refractivity contribution in [2.45, 2.75) is 45.6 Å². The van der Waals surface area contributed by atoms with E-state index in [4.69, 9.17) is 5.10 Å². The van der Waals surface area contributed by atoms with E-state index in [0.29, 0.717) is 31.7 Å². The zero-order valence-corrected chi connectivity index (χ0v) is 15.6. The summed E-state index contributed by atoms with van der Waals surface area (Å²) in [5.74, 6) is 0.435. The molecule has 1 aromatic heterocycles. The molecule has 0 spiro atoms. The maximum absolute atomic E-state index is 12.6. The molecule has 6 nitrogen and oxygen atoms in total. The van der Waals surface area contributed by atoms with Crippen LogP contribution in [0.25, 0.3) is 0 Å². The van der Waals surface area contributed by atoms with Crippen LogP contribution in [0.2, 0.25) is 0 Å². The number of hydrogen-bond acceptors (Lipinski definition) is 3. The van der Waals surface area contributed by atoms with Crippen LogP contribution in [0.1, 0.15) is 44.9 Å². The normalized spacial score (nSPS) is 17.7. The number of carbonyl (C=O) groups is 2. The van der Waals surface area contributed by atoms with Gasteiger partial charge in [-0.15, -0.1) is 0 Å². The van der Waals surface area contributed by atoms with Crippen molar-refractivity contribution in [1.29, 1.82) is 0 Å². The first-order valence-electron chi connectivity index (χ1n) is 9.03. The molecular formula is C20H26N4O2. The molecule has 26 heavy (non-hydrogen) atoms. The summed E-state index contributed by atoms with van der Waals surface area (Å²) >= 11 is 0. The Balaban J connectivity index is 1.81. The van der Waals surface area contributed by atoms with E-state index in [1.54, 1.807) is 0 Å². The Morgan fingerprint density at radius 1 is 1.31 bits per heavy atom. The van der Waals surface area contributed by atoms with Crippen molar-refractivity contribution in [1.82, 2.24) is 15.1 Å². The van der Waals surface area contributed by atoms with Crippen LogP contribution in [0.3, 0.4) is 0 Å². The molecule has 1 fully saturated rings. The number of amides is 2. The summed E-state index contributed by atoms with van der Waals surface area (Å²) in [6.45, 7) is 7.29. The average molecular weight is 354 g/mol. The van der Waals surface area contributed by atoms with Crippen molar-refractivity contribution in [3.63, 3.8) is 0 Å². The van der Waals surface area contributed by atoms with Crippen LogP contribution in [0, 0.1) is 5.92 Å². The molecule has 1 unspecified atom stereocenters. The first-order chi connectivity index (χ1) is 12.3. The zero-order chi connectivity index (χ0) is 18.7. The topological polar surface area (TPSA) is 76.0 Å². The maximum Gasteiger partial charge on any atom is 0.230 e. The summed E-state index contributed by atoms with van der Waals surface area (Å²) in [6.07, 6.45) is 0.977. The van der Waals surface area contributed by atoms with Gasteiger partial charge in [0.2, 0.25) is 11.8 Å². The van der Waals surface area contributed by atoms with Gasteiger partial charge in [-0.25, -0.2) is 4.68 Å². The Morgan fingerprint density at radius 3 is 2.65 bits per heavy atom. The van der Waals surface area contributed by atoms with E-state index in [1.165, 1.54) is 0 Å². The lowest BCUT2D eigenvalue weighted by atomic mass is 9.92. The fraction of sp³-hybridized carbons (Fsp3) is 0.450. The Kier molecular flexibility index (Phi) is 5.11. The lowest BCUT2D eigenvalue weighted by molar-refractivity contribution is -0.126. The molecule has 138 valence electrons. The number of aromatic nitrogens is 2. The van der Waals surface area contributed by atoms with Gasteiger partial charge in [-0.1, -0.05) is 51.1 Å². The molecule has 0 radical (unpaired) electrons. The summed E-state index contributed by atoms with van der Waals surface area (Å²) in [5.41, 5.74) is 1.94. The molecular weight excluding hydrogens is 328 g/mol. The molecule has 2 amide bonds. The van der Waals surface area contributed by atoms with Crippen LogP contribution in [0.5, 0.6) is 0 Å². The van der Waals surface area contributed by atoms with E-state index in [-0.39, 0.29) is 23.1 Å². The Bertz CT molecular complexity index is 780. The minimum atomic E-state index is -0.203. The van der Waals surface area contributed by atoms with Crippen molar-refractivity contribution in [2.75, 3.05) is 11.9 Å². The maximum atomic E-state index is 12.6. The molecule has 1 saturated heterocycles. The first kappa shape index (κ1) is 18.2. The third-order valence-electron chi connectivity index (χ3n) is 4.61. The number of anilines is 1. The van der Waals surface area contributed by atoms with Gasteiger partial charge in [0.1, 0.15) is 5.82 Å². The predicted molar refractivity (Wildman–Crippen MR) is 101 cm³/mol. The monoisotopic (exact) mass is 354 g/mol. The Labute approximate surface area is 154 Å². The highest BCUT2D eigenvalue weighted by Gasteiger charge is 2.26. The summed E-state index contributed by atoms with van der Waals surface area (Å²) in [5, 5.41) is 10.5. The fourth-order valence-electron chi connectivity index (χ4n) is 2.95. The van der Waals surface area contributed by atoms with E-state index in [9.17, 15) is 9.59 Å². The van der Waals surface area contributed by atoms with Crippen LogP contribution in [-0.2, 0) is 21.5 Å². The van der Waals surface area contributed by atoms with Crippen molar-refractivity contribution in [2.24, 2.45) is 5.92 Å². The number of piperidine rings is 1. The van der Waals surface area contributed by atoms with Crippen LogP contribution >= 0.6 is 0 Å². The second kappa shape index (κ2) is 7.32. The van der Waals surface area contributed by atoms with Crippen LogP contribution in [-0.4, -0.2) is 28.1 Å². The number of rotatable bonds is 4. The smallest absolute Gasteiger partial charge is 0.230 e. The number of nitrogens with zero attached hydrogens (tertiary/aromatic N) is 2. The largest absolute Gasteiger partial charge is 0.355 e. The SMILES string of the molecule is CC(C)(C)c1cc(NC(=O)C2CCC(=O)NC2)n(Cc2ccccc2)n1. The third kappa shape index (κ3) is 4.31. The quantitative estimate of drug-likeness (QED) is 0.886. The Hall–Kier alpha value is -2.63. The van der Waals surface area contributed by atoms with E-state index >= 15 is 0 Å². The van der Waals surface area contributed by atoms with Crippen LogP contribution in [0.4, 0.5) is 5.82 Å². The first-order valence-corrected chi connectivity index (χ1v) is 9.03. The van der Waals surface area contributed by atoms with E-state index in [1.807, 2.05) is 41.1 Å². The fourth-order valence-corrected chi connectivity index (χ4v) is 2.95. The molecule has 3 rings (SSSR count). The average Bonchev–Trinajstić information content (AvgIpc) is 2.99. The minimum absolute atomic E-state index is 0.0122. The molecule has 1 aliphatic rings. The third-order valence-corrected chi connectivity index (χ3v) is 4.61. The standard InChI is InChI=1S/C20H26N4O2/c1-20(2,3)16-11-17(22-19(26)15-9-10-18(25)21-12-15)24(23-16)13-14-7-5-4-6-8-14/h4-8,11,15H,9-10,12-13H2,1-3H3,(H,21,25)(H,22,26). The molecule has 1 aromatic carbocycles. The molecule has 0 saturated carbocycles. The molecule has 0 bridgehead atoms. The lowest BCUT2D eigenvalue weighted by Crippen LogP contribution is -2.40. The summed E-state index contributed by atoms with van der Waals surface area (Å²) in [7, 11) is 0. The highest BCUT2D eigenvalue weighted by molar-refractivity contribution is 5.93. The van der Waals surface area contributed by atoms with E-state index in [0.717, 1.165) is 11.3 Å². The van der Waals surface area contributed by atoms with Gasteiger partial charge in [0, 0.05) is 24.4 Å². The molecule has 2 heterocycles. The van der Waals surface area contributed by atoms with Gasteiger partial charge >= 0.3 is 0 Å². The molecule has 2 aromatic rings. The van der Waals surface area contributed by atoms with Crippen molar-refractivity contribution >= 4 is 17.6 Å². The second-order valence-corrected chi connectivity index (χ2v) is 7.84. The summed E-state index contributed by atoms with van der Waals surface area (Å²) in [6, 6.07) is 12.0. The lowest BCUT2D eigenvalue weighted by Gasteiger charge is -2.21. The predicted octanol–water partition coefficient (Wildman–Crippen LogP) is 2.69. The van der Waals surface area contributed by atoms with E-state index < -0.39 is 0 Å². The summed E-state index contributed by atoms with van der Waals surface area (Å²) in [4.78, 5) is 23.9.